The Labute approximate surface area is 82.8 Å². The summed E-state index contributed by atoms with van der Waals surface area (Å²) in [5, 5.41) is 0. The molecule has 14 heavy (non-hydrogen) atoms. The fraction of sp³-hybridized carbons (Fsp3) is 0.200. The first-order valence-corrected chi connectivity index (χ1v) is 5.78. The smallest absolute Gasteiger partial charge is 0.282 e. The van der Waals surface area contributed by atoms with E-state index in [0.717, 1.165) is 24.0 Å². The van der Waals surface area contributed by atoms with Crippen molar-refractivity contribution < 1.29 is 13.0 Å². The van der Waals surface area contributed by atoms with Crippen molar-refractivity contribution in [3.8, 4) is 0 Å². The zero-order valence-electron chi connectivity index (χ0n) is 7.47. The largest absolute Gasteiger partial charge is 0.294 e. The van der Waals surface area contributed by atoms with Crippen LogP contribution >= 0.6 is 0 Å². The highest BCUT2D eigenvalue weighted by Gasteiger charge is 2.12. The molecule has 0 aliphatic heterocycles. The second kappa shape index (κ2) is 3.22. The molecule has 0 unspecified atom stereocenters. The maximum Gasteiger partial charge on any atom is 0.294 e. The number of rotatable bonds is 1. The lowest BCUT2D eigenvalue weighted by atomic mass is 9.98. The zero-order chi connectivity index (χ0) is 10.2. The van der Waals surface area contributed by atoms with Gasteiger partial charge in [0.1, 0.15) is 0 Å². The van der Waals surface area contributed by atoms with Crippen LogP contribution in [-0.4, -0.2) is 13.0 Å². The first-order valence-electron chi connectivity index (χ1n) is 4.34. The van der Waals surface area contributed by atoms with Crippen LogP contribution in [0.2, 0.25) is 0 Å². The van der Waals surface area contributed by atoms with Crippen molar-refractivity contribution in [2.24, 2.45) is 0 Å². The molecule has 1 aromatic carbocycles. The van der Waals surface area contributed by atoms with Gasteiger partial charge in [0.15, 0.2) is 0 Å². The van der Waals surface area contributed by atoms with Gasteiger partial charge < -0.3 is 0 Å². The molecule has 4 heteroatoms. The molecule has 3 nitrogen and oxygen atoms in total. The monoisotopic (exact) mass is 210 g/mol. The fourth-order valence-electron chi connectivity index (χ4n) is 1.57. The van der Waals surface area contributed by atoms with Crippen LogP contribution in [-0.2, 0) is 16.5 Å². The van der Waals surface area contributed by atoms with Gasteiger partial charge >= 0.3 is 0 Å². The zero-order valence-corrected chi connectivity index (χ0v) is 8.29. The molecule has 1 aromatic rings. The third-order valence-electron chi connectivity index (χ3n) is 2.29. The second-order valence-corrected chi connectivity index (χ2v) is 4.70. The molecule has 0 saturated carbocycles. The van der Waals surface area contributed by atoms with Crippen molar-refractivity contribution in [2.45, 2.75) is 17.7 Å². The van der Waals surface area contributed by atoms with E-state index in [0.29, 0.717) is 0 Å². The van der Waals surface area contributed by atoms with Gasteiger partial charge in [-0.1, -0.05) is 18.2 Å². The third kappa shape index (κ3) is 1.71. The fourth-order valence-corrected chi connectivity index (χ4v) is 2.10. The van der Waals surface area contributed by atoms with Crippen LogP contribution in [0.1, 0.15) is 17.5 Å². The van der Waals surface area contributed by atoms with Crippen molar-refractivity contribution in [1.82, 2.24) is 0 Å². The number of allylic oxidation sites excluding steroid dienone is 1. The van der Waals surface area contributed by atoms with Gasteiger partial charge in [-0.15, -0.1) is 0 Å². The van der Waals surface area contributed by atoms with E-state index in [1.807, 2.05) is 6.08 Å². The maximum absolute atomic E-state index is 10.9. The second-order valence-electron chi connectivity index (χ2n) is 3.28. The summed E-state index contributed by atoms with van der Waals surface area (Å²) < 4.78 is 30.6. The van der Waals surface area contributed by atoms with Gasteiger partial charge in [0.25, 0.3) is 10.1 Å². The van der Waals surface area contributed by atoms with Crippen LogP contribution in [0.5, 0.6) is 0 Å². The van der Waals surface area contributed by atoms with Crippen molar-refractivity contribution >= 4 is 16.2 Å². The van der Waals surface area contributed by atoms with E-state index in [9.17, 15) is 8.42 Å². The quantitative estimate of drug-likeness (QED) is 0.720. The van der Waals surface area contributed by atoms with Crippen LogP contribution in [0.3, 0.4) is 0 Å². The van der Waals surface area contributed by atoms with Gasteiger partial charge in [-0.2, -0.15) is 8.42 Å². The van der Waals surface area contributed by atoms with E-state index in [-0.39, 0.29) is 4.90 Å². The predicted octanol–water partition coefficient (Wildman–Crippen LogP) is 1.89. The minimum atomic E-state index is -4.06. The molecule has 1 N–H and O–H groups in total. The summed E-state index contributed by atoms with van der Waals surface area (Å²) in [6, 6.07) is 4.67. The number of hydrogen-bond acceptors (Lipinski definition) is 2. The van der Waals surface area contributed by atoms with E-state index in [4.69, 9.17) is 4.55 Å². The van der Waals surface area contributed by atoms with Crippen LogP contribution < -0.4 is 0 Å². The Morgan fingerprint density at radius 2 is 2.07 bits per heavy atom. The molecule has 0 radical (unpaired) electrons. The van der Waals surface area contributed by atoms with Gasteiger partial charge in [-0.25, -0.2) is 0 Å². The highest BCUT2D eigenvalue weighted by atomic mass is 32.2. The molecule has 1 aliphatic rings. The van der Waals surface area contributed by atoms with E-state index < -0.39 is 10.1 Å². The Hall–Kier alpha value is -1.13. The highest BCUT2D eigenvalue weighted by molar-refractivity contribution is 7.85. The molecule has 0 bridgehead atoms. The Morgan fingerprint density at radius 1 is 1.29 bits per heavy atom. The first kappa shape index (κ1) is 9.43. The van der Waals surface area contributed by atoms with Gasteiger partial charge in [0.05, 0.1) is 4.90 Å². The SMILES string of the molecule is O=S(=O)(O)c1ccc2c(c1)CCC=C2. The Balaban J connectivity index is 2.55. The van der Waals surface area contributed by atoms with Crippen molar-refractivity contribution in [3.63, 3.8) is 0 Å². The molecule has 0 aromatic heterocycles. The van der Waals surface area contributed by atoms with Gasteiger partial charge in [0.2, 0.25) is 0 Å². The minimum Gasteiger partial charge on any atom is -0.282 e. The molecule has 0 fully saturated rings. The lowest BCUT2D eigenvalue weighted by molar-refractivity contribution is 0.483. The third-order valence-corrected chi connectivity index (χ3v) is 3.14. The number of hydrogen-bond donors (Lipinski definition) is 1. The van der Waals surface area contributed by atoms with Gasteiger partial charge in [-0.05, 0) is 36.1 Å². The molecule has 1 aliphatic carbocycles. The molecule has 0 amide bonds. The average Bonchev–Trinajstić information content (AvgIpc) is 2.16. The molecular formula is C10H10O3S. The summed E-state index contributed by atoms with van der Waals surface area (Å²) in [6.45, 7) is 0. The van der Waals surface area contributed by atoms with Crippen molar-refractivity contribution in [1.29, 1.82) is 0 Å². The minimum absolute atomic E-state index is 0.0217. The van der Waals surface area contributed by atoms with Crippen molar-refractivity contribution in [3.05, 3.63) is 35.4 Å². The number of aryl methyl sites for hydroxylation is 1. The van der Waals surface area contributed by atoms with E-state index in [1.165, 1.54) is 12.1 Å². The molecule has 0 heterocycles. The van der Waals surface area contributed by atoms with Crippen LogP contribution in [0.25, 0.3) is 6.08 Å². The molecule has 0 saturated heterocycles. The Bertz CT molecular complexity index is 486. The predicted molar refractivity (Wildman–Crippen MR) is 53.6 cm³/mol. The van der Waals surface area contributed by atoms with E-state index >= 15 is 0 Å². The molecule has 0 atom stereocenters. The van der Waals surface area contributed by atoms with Crippen LogP contribution in [0.15, 0.2) is 29.2 Å². The maximum atomic E-state index is 10.9. The van der Waals surface area contributed by atoms with Crippen LogP contribution in [0.4, 0.5) is 0 Å². The van der Waals surface area contributed by atoms with Gasteiger partial charge in [-0.3, -0.25) is 4.55 Å². The summed E-state index contributed by atoms with van der Waals surface area (Å²) in [6.07, 6.45) is 5.76. The molecule has 74 valence electrons. The van der Waals surface area contributed by atoms with E-state index in [2.05, 4.69) is 6.08 Å². The number of fused-ring (bicyclic) bond motifs is 1. The lowest BCUT2D eigenvalue weighted by Gasteiger charge is -2.10. The summed E-state index contributed by atoms with van der Waals surface area (Å²) in [5.74, 6) is 0. The van der Waals surface area contributed by atoms with Crippen molar-refractivity contribution in [2.75, 3.05) is 0 Å². The highest BCUT2D eigenvalue weighted by Crippen LogP contribution is 2.22. The van der Waals surface area contributed by atoms with E-state index in [1.54, 1.807) is 6.07 Å². The van der Waals surface area contributed by atoms with Crippen LogP contribution in [0, 0.1) is 0 Å². The molecule has 2 rings (SSSR count). The summed E-state index contributed by atoms with van der Waals surface area (Å²) in [4.78, 5) is -0.0217. The number of benzene rings is 1. The first-order chi connectivity index (χ1) is 6.57. The average molecular weight is 210 g/mol. The Morgan fingerprint density at radius 3 is 2.79 bits per heavy atom. The lowest BCUT2D eigenvalue weighted by Crippen LogP contribution is -2.01. The normalized spacial score (nSPS) is 15.2. The Kier molecular flexibility index (Phi) is 2.17. The summed E-state index contributed by atoms with van der Waals surface area (Å²) in [5.41, 5.74) is 2.01. The summed E-state index contributed by atoms with van der Waals surface area (Å²) in [7, 11) is -4.06. The topological polar surface area (TPSA) is 54.4 Å². The standard InChI is InChI=1S/C10H10O3S/c11-14(12,13)10-6-5-8-3-1-2-4-9(8)7-10/h1,3,5-7H,2,4H2,(H,11,12,13). The molecular weight excluding hydrogens is 200 g/mol. The van der Waals surface area contributed by atoms with Gasteiger partial charge in [0, 0.05) is 0 Å². The summed E-state index contributed by atoms with van der Waals surface area (Å²) >= 11 is 0. The molecule has 0 spiro atoms.